The third-order valence-corrected chi connectivity index (χ3v) is 4.17. The third kappa shape index (κ3) is 10.6. The number of carboxylic acid groups (broad SMARTS) is 2. The molecule has 0 saturated heterocycles. The first kappa shape index (κ1) is 18.0. The summed E-state index contributed by atoms with van der Waals surface area (Å²) in [5.41, 5.74) is 0. The van der Waals surface area contributed by atoms with Gasteiger partial charge in [-0.3, -0.25) is 14.4 Å². The average Bonchev–Trinajstić information content (AvgIpc) is 2.33. The van der Waals surface area contributed by atoms with Crippen molar-refractivity contribution in [3.8, 4) is 0 Å². The van der Waals surface area contributed by atoms with Crippen LogP contribution in [0.25, 0.3) is 0 Å². The van der Waals surface area contributed by atoms with Crippen LogP contribution in [-0.2, 0) is 19.2 Å². The summed E-state index contributed by atoms with van der Waals surface area (Å²) >= 11 is 2.37. The normalized spacial score (nSPS) is 11.8. The number of aliphatic carboxylic acids is 2. The van der Waals surface area contributed by atoms with E-state index in [1.165, 1.54) is 11.8 Å². The molecular formula is C11H16O6S2. The van der Waals surface area contributed by atoms with Gasteiger partial charge in [-0.25, -0.2) is 0 Å². The van der Waals surface area contributed by atoms with E-state index >= 15 is 0 Å². The van der Waals surface area contributed by atoms with Crippen LogP contribution in [0.4, 0.5) is 0 Å². The van der Waals surface area contributed by atoms with Crippen LogP contribution in [-0.4, -0.2) is 56.7 Å². The Hall–Kier alpha value is -1.02. The minimum atomic E-state index is -0.964. The molecule has 0 aromatic carbocycles. The molecule has 0 radical (unpaired) electrons. The zero-order chi connectivity index (χ0) is 14.7. The Labute approximate surface area is 119 Å². The minimum Gasteiger partial charge on any atom is -0.481 e. The Morgan fingerprint density at radius 2 is 1.47 bits per heavy atom. The first-order chi connectivity index (χ1) is 8.97. The van der Waals surface area contributed by atoms with Crippen LogP contribution in [0.5, 0.6) is 0 Å². The molecule has 0 aliphatic heterocycles. The maximum Gasteiger partial charge on any atom is 0.304 e. The standard InChI is InChI=1S/C11H16O6S2/c12-7-9(19-6-3-11(16)17)8(13)1-4-18-5-2-10(14)15/h7,9H,1-6H2,(H,14,15)(H,16,17). The molecule has 0 spiro atoms. The maximum absolute atomic E-state index is 11.6. The molecule has 1 atom stereocenters. The summed E-state index contributed by atoms with van der Waals surface area (Å²) in [5, 5.41) is 16.0. The molecule has 0 heterocycles. The van der Waals surface area contributed by atoms with E-state index in [1.807, 2.05) is 0 Å². The summed E-state index contributed by atoms with van der Waals surface area (Å²) in [6, 6.07) is 0. The van der Waals surface area contributed by atoms with Gasteiger partial charge in [-0.05, 0) is 0 Å². The lowest BCUT2D eigenvalue weighted by Gasteiger charge is -2.07. The van der Waals surface area contributed by atoms with Crippen molar-refractivity contribution >= 4 is 47.5 Å². The highest BCUT2D eigenvalue weighted by Gasteiger charge is 2.17. The lowest BCUT2D eigenvalue weighted by atomic mass is 10.2. The highest BCUT2D eigenvalue weighted by molar-refractivity contribution is 8.01. The number of Topliss-reactive ketones (excluding diaryl/α,β-unsaturated/α-hetero) is 1. The topological polar surface area (TPSA) is 109 Å². The van der Waals surface area contributed by atoms with Crippen molar-refractivity contribution in [2.24, 2.45) is 0 Å². The van der Waals surface area contributed by atoms with E-state index in [4.69, 9.17) is 10.2 Å². The number of carbonyl (C=O) groups is 4. The molecule has 8 heteroatoms. The smallest absolute Gasteiger partial charge is 0.304 e. The van der Waals surface area contributed by atoms with Crippen LogP contribution < -0.4 is 0 Å². The molecule has 1 unspecified atom stereocenters. The molecule has 0 aromatic rings. The Kier molecular flexibility index (Phi) is 10.3. The van der Waals surface area contributed by atoms with Gasteiger partial charge in [-0.2, -0.15) is 11.8 Å². The van der Waals surface area contributed by atoms with E-state index in [-0.39, 0.29) is 30.8 Å². The Bertz CT molecular complexity index is 331. The minimum absolute atomic E-state index is 0.0450. The summed E-state index contributed by atoms with van der Waals surface area (Å²) in [6.07, 6.45) is 0.670. The number of carboxylic acids is 2. The second-order valence-electron chi connectivity index (χ2n) is 3.54. The fourth-order valence-electron chi connectivity index (χ4n) is 1.06. The highest BCUT2D eigenvalue weighted by Crippen LogP contribution is 2.15. The molecule has 0 rings (SSSR count). The number of carbonyl (C=O) groups excluding carboxylic acids is 2. The lowest BCUT2D eigenvalue weighted by Crippen LogP contribution is -2.20. The summed E-state index contributed by atoms with van der Waals surface area (Å²) in [7, 11) is 0. The van der Waals surface area contributed by atoms with Gasteiger partial charge in [0.1, 0.15) is 11.5 Å². The zero-order valence-corrected chi connectivity index (χ0v) is 11.9. The molecule has 0 aliphatic rings. The predicted molar refractivity (Wildman–Crippen MR) is 73.8 cm³/mol. The SMILES string of the molecule is O=CC(SCCC(=O)O)C(=O)CCSCCC(=O)O. The van der Waals surface area contributed by atoms with Gasteiger partial charge in [0.2, 0.25) is 0 Å². The molecule has 6 nitrogen and oxygen atoms in total. The Balaban J connectivity index is 3.78. The third-order valence-electron chi connectivity index (χ3n) is 2.01. The van der Waals surface area contributed by atoms with Crippen molar-refractivity contribution < 1.29 is 29.4 Å². The molecule has 0 fully saturated rings. The van der Waals surface area contributed by atoms with E-state index < -0.39 is 17.2 Å². The summed E-state index contributed by atoms with van der Waals surface area (Å²) in [6.45, 7) is 0. The van der Waals surface area contributed by atoms with E-state index in [2.05, 4.69) is 0 Å². The van der Waals surface area contributed by atoms with Crippen LogP contribution in [0.3, 0.4) is 0 Å². The number of hydrogen-bond acceptors (Lipinski definition) is 6. The monoisotopic (exact) mass is 308 g/mol. The number of thioether (sulfide) groups is 2. The van der Waals surface area contributed by atoms with Crippen LogP contribution in [0.1, 0.15) is 19.3 Å². The Morgan fingerprint density at radius 1 is 0.947 bits per heavy atom. The fourth-order valence-corrected chi connectivity index (χ4v) is 2.86. The molecule has 19 heavy (non-hydrogen) atoms. The first-order valence-electron chi connectivity index (χ1n) is 5.58. The molecule has 0 amide bonds. The van der Waals surface area contributed by atoms with Gasteiger partial charge in [0, 0.05) is 23.7 Å². The van der Waals surface area contributed by atoms with E-state index in [0.29, 0.717) is 17.8 Å². The van der Waals surface area contributed by atoms with Crippen LogP contribution in [0.2, 0.25) is 0 Å². The highest BCUT2D eigenvalue weighted by atomic mass is 32.2. The van der Waals surface area contributed by atoms with Crippen molar-refractivity contribution in [3.63, 3.8) is 0 Å². The molecular weight excluding hydrogens is 292 g/mol. The number of aldehydes is 1. The van der Waals surface area contributed by atoms with Crippen molar-refractivity contribution in [3.05, 3.63) is 0 Å². The van der Waals surface area contributed by atoms with Crippen LogP contribution in [0, 0.1) is 0 Å². The van der Waals surface area contributed by atoms with Crippen molar-refractivity contribution in [1.82, 2.24) is 0 Å². The van der Waals surface area contributed by atoms with Gasteiger partial charge in [0.15, 0.2) is 5.78 Å². The van der Waals surface area contributed by atoms with E-state index in [9.17, 15) is 19.2 Å². The van der Waals surface area contributed by atoms with Crippen LogP contribution in [0.15, 0.2) is 0 Å². The van der Waals surface area contributed by atoms with Gasteiger partial charge < -0.3 is 15.0 Å². The molecule has 0 aromatic heterocycles. The van der Waals surface area contributed by atoms with Crippen molar-refractivity contribution in [2.75, 3.05) is 17.3 Å². The lowest BCUT2D eigenvalue weighted by molar-refractivity contribution is -0.137. The van der Waals surface area contributed by atoms with Gasteiger partial charge in [0.25, 0.3) is 0 Å². The van der Waals surface area contributed by atoms with Crippen molar-refractivity contribution in [2.45, 2.75) is 24.5 Å². The molecule has 0 aliphatic carbocycles. The zero-order valence-electron chi connectivity index (χ0n) is 10.2. The first-order valence-corrected chi connectivity index (χ1v) is 7.78. The van der Waals surface area contributed by atoms with E-state index in [1.54, 1.807) is 0 Å². The van der Waals surface area contributed by atoms with E-state index in [0.717, 1.165) is 11.8 Å². The van der Waals surface area contributed by atoms with Gasteiger partial charge in [-0.15, -0.1) is 11.8 Å². The largest absolute Gasteiger partial charge is 0.481 e. The average molecular weight is 308 g/mol. The number of ketones is 1. The van der Waals surface area contributed by atoms with Crippen LogP contribution >= 0.6 is 23.5 Å². The van der Waals surface area contributed by atoms with Gasteiger partial charge >= 0.3 is 11.9 Å². The predicted octanol–water partition coefficient (Wildman–Crippen LogP) is 0.929. The summed E-state index contributed by atoms with van der Waals surface area (Å²) in [5.74, 6) is -0.969. The quantitative estimate of drug-likeness (QED) is 0.311. The van der Waals surface area contributed by atoms with Gasteiger partial charge in [0.05, 0.1) is 12.8 Å². The number of rotatable bonds is 12. The Morgan fingerprint density at radius 3 is 2.00 bits per heavy atom. The van der Waals surface area contributed by atoms with Gasteiger partial charge in [-0.1, -0.05) is 0 Å². The molecule has 0 bridgehead atoms. The number of hydrogen-bond donors (Lipinski definition) is 2. The molecule has 108 valence electrons. The van der Waals surface area contributed by atoms with Crippen molar-refractivity contribution in [1.29, 1.82) is 0 Å². The second kappa shape index (κ2) is 10.9. The summed E-state index contributed by atoms with van der Waals surface area (Å²) in [4.78, 5) is 42.9. The maximum atomic E-state index is 11.6. The summed E-state index contributed by atoms with van der Waals surface area (Å²) < 4.78 is 0. The molecule has 2 N–H and O–H groups in total. The second-order valence-corrected chi connectivity index (χ2v) is 6.02. The molecule has 0 saturated carbocycles. The fraction of sp³-hybridized carbons (Fsp3) is 0.636.